The molecule has 5 heteroatoms. The van der Waals surface area contributed by atoms with Crippen LogP contribution in [0.15, 0.2) is 48.5 Å². The van der Waals surface area contributed by atoms with Crippen molar-refractivity contribution in [2.75, 3.05) is 19.0 Å². The van der Waals surface area contributed by atoms with Gasteiger partial charge in [-0.25, -0.2) is 4.79 Å². The van der Waals surface area contributed by atoms with Gasteiger partial charge in [0.2, 0.25) is 0 Å². The van der Waals surface area contributed by atoms with Crippen LogP contribution in [0.5, 0.6) is 5.75 Å². The minimum absolute atomic E-state index is 0.0798. The van der Waals surface area contributed by atoms with Gasteiger partial charge in [0.1, 0.15) is 5.75 Å². The highest BCUT2D eigenvalue weighted by Crippen LogP contribution is 2.16. The number of esters is 1. The van der Waals surface area contributed by atoms with E-state index < -0.39 is 5.97 Å². The van der Waals surface area contributed by atoms with Gasteiger partial charge in [-0.05, 0) is 42.8 Å². The fourth-order valence-corrected chi connectivity index (χ4v) is 1.87. The van der Waals surface area contributed by atoms with Crippen LogP contribution in [0.25, 0.3) is 0 Å². The lowest BCUT2D eigenvalue weighted by molar-refractivity contribution is -0.118. The zero-order valence-electron chi connectivity index (χ0n) is 12.5. The highest BCUT2D eigenvalue weighted by atomic mass is 16.5. The Bertz CT molecular complexity index is 665. The summed E-state index contributed by atoms with van der Waals surface area (Å²) >= 11 is 0. The van der Waals surface area contributed by atoms with E-state index in [0.29, 0.717) is 17.0 Å². The molecule has 5 nitrogen and oxygen atoms in total. The molecule has 2 aromatic rings. The predicted octanol–water partition coefficient (Wildman–Crippen LogP) is 2.80. The number of amides is 1. The van der Waals surface area contributed by atoms with Crippen LogP contribution in [0.1, 0.15) is 15.9 Å². The minimum Gasteiger partial charge on any atom is -0.483 e. The molecule has 0 radical (unpaired) electrons. The molecule has 0 aliphatic heterocycles. The van der Waals surface area contributed by atoms with E-state index in [1.807, 2.05) is 31.2 Å². The summed E-state index contributed by atoms with van der Waals surface area (Å²) in [6.07, 6.45) is 0. The molecule has 114 valence electrons. The number of anilines is 1. The fourth-order valence-electron chi connectivity index (χ4n) is 1.87. The zero-order valence-corrected chi connectivity index (χ0v) is 12.5. The van der Waals surface area contributed by atoms with Crippen molar-refractivity contribution >= 4 is 17.6 Å². The number of aryl methyl sites for hydroxylation is 1. The molecule has 0 aromatic heterocycles. The summed E-state index contributed by atoms with van der Waals surface area (Å²) in [5, 5.41) is 2.70. The molecule has 0 saturated carbocycles. The second-order valence-electron chi connectivity index (χ2n) is 4.67. The molecule has 0 aliphatic carbocycles. The van der Waals surface area contributed by atoms with E-state index in [4.69, 9.17) is 4.74 Å². The Morgan fingerprint density at radius 3 is 2.36 bits per heavy atom. The number of hydrogen-bond donors (Lipinski definition) is 1. The summed E-state index contributed by atoms with van der Waals surface area (Å²) in [6.45, 7) is 1.84. The lowest BCUT2D eigenvalue weighted by atomic mass is 10.2. The lowest BCUT2D eigenvalue weighted by Gasteiger charge is -2.09. The number of ether oxygens (including phenoxy) is 2. The van der Waals surface area contributed by atoms with Gasteiger partial charge in [0.25, 0.3) is 5.91 Å². The third kappa shape index (κ3) is 4.09. The van der Waals surface area contributed by atoms with Gasteiger partial charge in [0.05, 0.1) is 12.7 Å². The van der Waals surface area contributed by atoms with Crippen molar-refractivity contribution in [2.24, 2.45) is 0 Å². The van der Waals surface area contributed by atoms with Crippen LogP contribution in [0.2, 0.25) is 0 Å². The van der Waals surface area contributed by atoms with Crippen LogP contribution in [-0.2, 0) is 9.53 Å². The topological polar surface area (TPSA) is 64.6 Å². The first kappa shape index (κ1) is 15.6. The molecule has 2 aromatic carbocycles. The molecule has 0 saturated heterocycles. The number of para-hydroxylation sites is 1. The number of benzene rings is 2. The molecule has 1 amide bonds. The molecule has 1 N–H and O–H groups in total. The van der Waals surface area contributed by atoms with Gasteiger partial charge >= 0.3 is 5.97 Å². The molecule has 0 bridgehead atoms. The molecule has 0 aliphatic rings. The summed E-state index contributed by atoms with van der Waals surface area (Å²) < 4.78 is 10.1. The van der Waals surface area contributed by atoms with Gasteiger partial charge in [-0.1, -0.05) is 18.2 Å². The number of carbonyl (C=O) groups excluding carboxylic acids is 2. The molecular formula is C17H17NO4. The van der Waals surface area contributed by atoms with Crippen LogP contribution in [0, 0.1) is 6.92 Å². The number of carbonyl (C=O) groups is 2. The monoisotopic (exact) mass is 299 g/mol. The highest BCUT2D eigenvalue weighted by Gasteiger charge is 2.07. The fraction of sp³-hybridized carbons (Fsp3) is 0.176. The molecule has 0 spiro atoms. The van der Waals surface area contributed by atoms with E-state index in [9.17, 15) is 9.59 Å². The number of nitrogens with one attached hydrogen (secondary N) is 1. The quantitative estimate of drug-likeness (QED) is 0.862. The number of hydrogen-bond acceptors (Lipinski definition) is 4. The molecule has 0 atom stereocenters. The Labute approximate surface area is 128 Å². The standard InChI is InChI=1S/C17H17NO4/c1-12-5-3-4-6-15(12)22-11-16(19)18-14-9-7-13(8-10-14)17(20)21-2/h3-10H,11H2,1-2H3,(H,18,19). The average molecular weight is 299 g/mol. The van der Waals surface area contributed by atoms with Gasteiger partial charge in [0.15, 0.2) is 6.61 Å². The van der Waals surface area contributed by atoms with Crippen LogP contribution >= 0.6 is 0 Å². The van der Waals surface area contributed by atoms with Crippen molar-refractivity contribution < 1.29 is 19.1 Å². The molecular weight excluding hydrogens is 282 g/mol. The van der Waals surface area contributed by atoms with Crippen LogP contribution < -0.4 is 10.1 Å². The first-order chi connectivity index (χ1) is 10.6. The van der Waals surface area contributed by atoms with Crippen molar-refractivity contribution in [3.8, 4) is 5.75 Å². The van der Waals surface area contributed by atoms with Crippen molar-refractivity contribution in [3.05, 3.63) is 59.7 Å². The normalized spacial score (nSPS) is 9.91. The molecule has 22 heavy (non-hydrogen) atoms. The Hall–Kier alpha value is -2.82. The second-order valence-corrected chi connectivity index (χ2v) is 4.67. The van der Waals surface area contributed by atoms with E-state index in [2.05, 4.69) is 10.1 Å². The Kier molecular flexibility index (Phi) is 5.14. The van der Waals surface area contributed by atoms with E-state index in [1.165, 1.54) is 7.11 Å². The van der Waals surface area contributed by atoms with Crippen molar-refractivity contribution in [1.29, 1.82) is 0 Å². The third-order valence-corrected chi connectivity index (χ3v) is 3.04. The largest absolute Gasteiger partial charge is 0.483 e. The van der Waals surface area contributed by atoms with Crippen molar-refractivity contribution in [3.63, 3.8) is 0 Å². The van der Waals surface area contributed by atoms with Crippen LogP contribution in [-0.4, -0.2) is 25.6 Å². The zero-order chi connectivity index (χ0) is 15.9. The van der Waals surface area contributed by atoms with Crippen LogP contribution in [0.3, 0.4) is 0 Å². The Morgan fingerprint density at radius 2 is 1.73 bits per heavy atom. The highest BCUT2D eigenvalue weighted by molar-refractivity contribution is 5.93. The summed E-state index contributed by atoms with van der Waals surface area (Å²) in [4.78, 5) is 23.2. The van der Waals surface area contributed by atoms with E-state index in [-0.39, 0.29) is 12.5 Å². The van der Waals surface area contributed by atoms with Crippen LogP contribution in [0.4, 0.5) is 5.69 Å². The summed E-state index contributed by atoms with van der Waals surface area (Å²) in [7, 11) is 1.32. The maximum absolute atomic E-state index is 11.8. The minimum atomic E-state index is -0.416. The van der Waals surface area contributed by atoms with E-state index in [0.717, 1.165) is 5.56 Å². The van der Waals surface area contributed by atoms with Gasteiger partial charge in [0, 0.05) is 5.69 Å². The Morgan fingerprint density at radius 1 is 1.05 bits per heavy atom. The van der Waals surface area contributed by atoms with E-state index in [1.54, 1.807) is 24.3 Å². The summed E-state index contributed by atoms with van der Waals surface area (Å²) in [6, 6.07) is 13.9. The average Bonchev–Trinajstić information content (AvgIpc) is 2.54. The number of methoxy groups -OCH3 is 1. The lowest BCUT2D eigenvalue weighted by Crippen LogP contribution is -2.20. The molecule has 0 unspecified atom stereocenters. The molecule has 0 fully saturated rings. The second kappa shape index (κ2) is 7.26. The van der Waals surface area contributed by atoms with Gasteiger partial charge < -0.3 is 14.8 Å². The molecule has 2 rings (SSSR count). The summed E-state index contributed by atoms with van der Waals surface area (Å²) in [5.41, 5.74) is 1.99. The smallest absolute Gasteiger partial charge is 0.337 e. The SMILES string of the molecule is COC(=O)c1ccc(NC(=O)COc2ccccc2C)cc1. The predicted molar refractivity (Wildman–Crippen MR) is 83.1 cm³/mol. The van der Waals surface area contributed by atoms with Crippen molar-refractivity contribution in [2.45, 2.75) is 6.92 Å². The first-order valence-corrected chi connectivity index (χ1v) is 6.77. The Balaban J connectivity index is 1.89. The van der Waals surface area contributed by atoms with Gasteiger partial charge in [-0.15, -0.1) is 0 Å². The first-order valence-electron chi connectivity index (χ1n) is 6.77. The maximum atomic E-state index is 11.8. The maximum Gasteiger partial charge on any atom is 0.337 e. The summed E-state index contributed by atoms with van der Waals surface area (Å²) in [5.74, 6) is -0.00600. The van der Waals surface area contributed by atoms with Crippen molar-refractivity contribution in [1.82, 2.24) is 0 Å². The number of rotatable bonds is 5. The third-order valence-electron chi connectivity index (χ3n) is 3.04. The van der Waals surface area contributed by atoms with E-state index >= 15 is 0 Å². The van der Waals surface area contributed by atoms with Gasteiger partial charge in [-0.2, -0.15) is 0 Å². The molecule has 0 heterocycles. The van der Waals surface area contributed by atoms with Gasteiger partial charge in [-0.3, -0.25) is 4.79 Å².